The van der Waals surface area contributed by atoms with Crippen molar-refractivity contribution < 1.29 is 0 Å². The Morgan fingerprint density at radius 3 is 1.73 bits per heavy atom. The van der Waals surface area contributed by atoms with Gasteiger partial charge < -0.3 is 9.80 Å². The maximum absolute atomic E-state index is 2.52. The molecule has 11 rings (SSSR count). The van der Waals surface area contributed by atoms with Gasteiger partial charge in [0.1, 0.15) is 0 Å². The Balaban J connectivity index is 1.01. The average Bonchev–Trinajstić information content (AvgIpc) is 3.46. The van der Waals surface area contributed by atoms with Crippen LogP contribution in [0.1, 0.15) is 59.2 Å². The second-order valence-electron chi connectivity index (χ2n) is 16.0. The van der Waals surface area contributed by atoms with Crippen molar-refractivity contribution in [2.75, 3.05) is 16.3 Å². The van der Waals surface area contributed by atoms with Crippen molar-refractivity contribution in [1.82, 2.24) is 0 Å². The highest BCUT2D eigenvalue weighted by Crippen LogP contribution is 2.52. The van der Waals surface area contributed by atoms with E-state index in [2.05, 4.69) is 194 Å². The summed E-state index contributed by atoms with van der Waals surface area (Å²) in [6, 6.07) is 58.9. The molecule has 0 fully saturated rings. The zero-order chi connectivity index (χ0) is 36.7. The Bertz CT molecular complexity index is 2770. The van der Waals surface area contributed by atoms with Crippen LogP contribution in [0.25, 0.3) is 44.8 Å². The van der Waals surface area contributed by atoms with Gasteiger partial charge in [-0.05, 0) is 104 Å². The van der Waals surface area contributed by atoms with Gasteiger partial charge in [0.25, 0.3) is 0 Å². The van der Waals surface area contributed by atoms with Crippen LogP contribution in [-0.4, -0.2) is 6.54 Å². The summed E-state index contributed by atoms with van der Waals surface area (Å²) in [5.41, 5.74) is 18.5. The fourth-order valence-electron chi connectivity index (χ4n) is 9.89. The minimum atomic E-state index is -0.109. The van der Waals surface area contributed by atoms with Gasteiger partial charge in [0.15, 0.2) is 0 Å². The van der Waals surface area contributed by atoms with Crippen LogP contribution in [0.15, 0.2) is 158 Å². The third-order valence-electron chi connectivity index (χ3n) is 12.6. The molecule has 0 saturated carbocycles. The van der Waals surface area contributed by atoms with Gasteiger partial charge in [0, 0.05) is 51.9 Å². The van der Waals surface area contributed by atoms with E-state index in [0.29, 0.717) is 0 Å². The fraction of sp³-hybridized carbons (Fsp3) is 0.132. The Morgan fingerprint density at radius 2 is 1.05 bits per heavy atom. The van der Waals surface area contributed by atoms with Crippen LogP contribution in [0.5, 0.6) is 0 Å². The van der Waals surface area contributed by atoms with Crippen LogP contribution >= 0.6 is 0 Å². The molecule has 2 aliphatic heterocycles. The maximum atomic E-state index is 2.52. The molecule has 264 valence electrons. The molecule has 3 aliphatic rings. The van der Waals surface area contributed by atoms with E-state index in [4.69, 9.17) is 0 Å². The van der Waals surface area contributed by atoms with Gasteiger partial charge in [0.2, 0.25) is 0 Å². The highest BCUT2D eigenvalue weighted by molar-refractivity contribution is 6.19. The lowest BCUT2D eigenvalue weighted by molar-refractivity contribution is 0.659. The Morgan fingerprint density at radius 1 is 0.509 bits per heavy atom. The molecule has 2 heterocycles. The van der Waals surface area contributed by atoms with E-state index in [1.54, 1.807) is 0 Å². The second kappa shape index (κ2) is 12.3. The second-order valence-corrected chi connectivity index (χ2v) is 16.0. The molecule has 0 N–H and O–H groups in total. The number of rotatable bonds is 4. The predicted molar refractivity (Wildman–Crippen MR) is 234 cm³/mol. The normalized spacial score (nSPS) is 15.2. The average molecular weight is 707 g/mol. The topological polar surface area (TPSA) is 6.48 Å². The van der Waals surface area contributed by atoms with Crippen LogP contribution in [0.4, 0.5) is 28.4 Å². The van der Waals surface area contributed by atoms with Crippen molar-refractivity contribution in [3.05, 3.63) is 197 Å². The van der Waals surface area contributed by atoms with Gasteiger partial charge in [-0.1, -0.05) is 153 Å². The van der Waals surface area contributed by atoms with Gasteiger partial charge >= 0.3 is 0 Å². The van der Waals surface area contributed by atoms with Crippen LogP contribution in [0.2, 0.25) is 0 Å². The third kappa shape index (κ3) is 4.94. The van der Waals surface area contributed by atoms with Crippen molar-refractivity contribution in [2.45, 2.75) is 38.5 Å². The summed E-state index contributed by atoms with van der Waals surface area (Å²) in [6.45, 7) is 5.85. The van der Waals surface area contributed by atoms with Crippen LogP contribution < -0.4 is 9.80 Å². The molecule has 0 aromatic heterocycles. The fourth-order valence-corrected chi connectivity index (χ4v) is 9.89. The lowest BCUT2D eigenvalue weighted by Crippen LogP contribution is -2.25. The Kier molecular flexibility index (Phi) is 7.19. The summed E-state index contributed by atoms with van der Waals surface area (Å²) in [6.07, 6.45) is 7.96. The number of nitrogens with zero attached hydrogens (tertiary/aromatic N) is 2. The quantitative estimate of drug-likeness (QED) is 0.133. The molecule has 0 radical (unpaired) electrons. The molecule has 1 aliphatic carbocycles. The standard InChI is InChI=1S/C53H42N2/c1-53(2)47-32-35(26-29-43(47)44-30-27-39(34-48(44)53)54-31-13-17-36-14-3-10-22-49(36)54)25-28-42-40-18-6-8-20-45(40)52(46-21-9-7-19-41(42)46)55-50-23-11-4-15-37(50)33-38-16-5-12-24-51(38)55/h3-12,14-16,18-30,32,34H,13,17,31,33H2,1-2H3. The molecule has 0 unspecified atom stereocenters. The first kappa shape index (κ1) is 32.1. The van der Waals surface area contributed by atoms with Crippen molar-refractivity contribution >= 4 is 62.1 Å². The third-order valence-corrected chi connectivity index (χ3v) is 12.6. The number of hydrogen-bond acceptors (Lipinski definition) is 2. The molecule has 2 heteroatoms. The predicted octanol–water partition coefficient (Wildman–Crippen LogP) is 13.9. The molecule has 2 nitrogen and oxygen atoms in total. The van der Waals surface area contributed by atoms with Crippen molar-refractivity contribution in [1.29, 1.82) is 0 Å². The van der Waals surface area contributed by atoms with Crippen LogP contribution in [0.3, 0.4) is 0 Å². The first-order valence-corrected chi connectivity index (χ1v) is 19.8. The van der Waals surface area contributed by atoms with Gasteiger partial charge in [-0.3, -0.25) is 0 Å². The number of hydrogen-bond donors (Lipinski definition) is 0. The first-order chi connectivity index (χ1) is 27.0. The minimum absolute atomic E-state index is 0.109. The van der Waals surface area contributed by atoms with E-state index in [1.165, 1.54) is 106 Å². The first-order valence-electron chi connectivity index (χ1n) is 19.8. The molecule has 55 heavy (non-hydrogen) atoms. The number of para-hydroxylation sites is 3. The highest BCUT2D eigenvalue weighted by Gasteiger charge is 2.36. The van der Waals surface area contributed by atoms with Crippen molar-refractivity contribution in [2.24, 2.45) is 0 Å². The van der Waals surface area contributed by atoms with E-state index < -0.39 is 0 Å². The number of aryl methyl sites for hydroxylation is 1. The summed E-state index contributed by atoms with van der Waals surface area (Å²) in [5, 5.41) is 5.03. The van der Waals surface area contributed by atoms with Gasteiger partial charge in [0.05, 0.1) is 5.69 Å². The molecule has 0 saturated heterocycles. The highest BCUT2D eigenvalue weighted by atomic mass is 15.2. The maximum Gasteiger partial charge on any atom is 0.0619 e. The summed E-state index contributed by atoms with van der Waals surface area (Å²) >= 11 is 0. The van der Waals surface area contributed by atoms with E-state index in [1.807, 2.05) is 0 Å². The summed E-state index contributed by atoms with van der Waals surface area (Å²) in [7, 11) is 0. The molecule has 8 aromatic carbocycles. The van der Waals surface area contributed by atoms with Crippen LogP contribution in [0, 0.1) is 0 Å². The van der Waals surface area contributed by atoms with Gasteiger partial charge in [-0.2, -0.15) is 0 Å². The van der Waals surface area contributed by atoms with Gasteiger partial charge in [-0.25, -0.2) is 0 Å². The minimum Gasteiger partial charge on any atom is -0.341 e. The Hall–Kier alpha value is -6.38. The zero-order valence-corrected chi connectivity index (χ0v) is 31.4. The molecular formula is C53H42N2. The lowest BCUT2D eigenvalue weighted by Gasteiger charge is -2.35. The largest absolute Gasteiger partial charge is 0.341 e. The zero-order valence-electron chi connectivity index (χ0n) is 31.4. The van der Waals surface area contributed by atoms with Crippen molar-refractivity contribution in [3.8, 4) is 11.1 Å². The lowest BCUT2D eigenvalue weighted by atomic mass is 9.81. The van der Waals surface area contributed by atoms with E-state index >= 15 is 0 Å². The molecule has 0 bridgehead atoms. The molecule has 8 aromatic rings. The summed E-state index contributed by atoms with van der Waals surface area (Å²) in [5.74, 6) is 0. The summed E-state index contributed by atoms with van der Waals surface area (Å²) < 4.78 is 0. The van der Waals surface area contributed by atoms with E-state index in [0.717, 1.165) is 19.4 Å². The molecule has 0 amide bonds. The van der Waals surface area contributed by atoms with Crippen molar-refractivity contribution in [3.63, 3.8) is 0 Å². The SMILES string of the molecule is CC1(C)c2cc(C=Cc3c4ccccc4c(N4c5ccccc5Cc5ccccc54)c4ccccc34)ccc2-c2ccc(N3CCCc4ccccc43)cc21. The number of fused-ring (bicyclic) bond motifs is 8. The van der Waals surface area contributed by atoms with Crippen LogP contribution in [-0.2, 0) is 18.3 Å². The molecule has 0 atom stereocenters. The molecular weight excluding hydrogens is 665 g/mol. The Labute approximate surface area is 323 Å². The summed E-state index contributed by atoms with van der Waals surface area (Å²) in [4.78, 5) is 5.04. The van der Waals surface area contributed by atoms with Gasteiger partial charge in [-0.15, -0.1) is 0 Å². The monoisotopic (exact) mass is 706 g/mol. The molecule has 0 spiro atoms. The number of anilines is 5. The van der Waals surface area contributed by atoms with E-state index in [9.17, 15) is 0 Å². The number of benzene rings is 8. The van der Waals surface area contributed by atoms with E-state index in [-0.39, 0.29) is 5.41 Å². The smallest absolute Gasteiger partial charge is 0.0619 e.